The molecule has 0 spiro atoms. The first-order valence-corrected chi connectivity index (χ1v) is 43.4. The maximum Gasteiger partial charge on any atom is 0.472 e. The monoisotopic (exact) mass is 1500 g/mol. The number of hydrogen-bond donors (Lipinski definition) is 3. The fraction of sp³-hybridized carbons (Fsp3) is 0.694. The molecular weight excluding hydrogens is 1350 g/mol. The van der Waals surface area contributed by atoms with E-state index in [-0.39, 0.29) is 25.7 Å². The highest BCUT2D eigenvalue weighted by Crippen LogP contribution is 2.45. The van der Waals surface area contributed by atoms with Crippen LogP contribution in [0.15, 0.2) is 134 Å². The summed E-state index contributed by atoms with van der Waals surface area (Å²) in [6, 6.07) is 0. The first-order chi connectivity index (χ1) is 50.7. The molecule has 0 fully saturated rings. The van der Waals surface area contributed by atoms with Crippen LogP contribution >= 0.6 is 15.6 Å². The first-order valence-electron chi connectivity index (χ1n) is 40.4. The predicted molar refractivity (Wildman–Crippen MR) is 427 cm³/mol. The van der Waals surface area contributed by atoms with Gasteiger partial charge in [-0.2, -0.15) is 0 Å². The molecule has 0 aliphatic rings. The molecule has 0 aromatic heterocycles. The topological polar surface area (TPSA) is 237 Å². The summed E-state index contributed by atoms with van der Waals surface area (Å²) in [5.74, 6) is -2.23. The van der Waals surface area contributed by atoms with E-state index in [1.54, 1.807) is 0 Å². The van der Waals surface area contributed by atoms with Crippen molar-refractivity contribution in [2.45, 2.75) is 341 Å². The molecule has 0 aliphatic carbocycles. The molecule has 104 heavy (non-hydrogen) atoms. The van der Waals surface area contributed by atoms with Crippen LogP contribution in [0.25, 0.3) is 0 Å². The zero-order valence-corrected chi connectivity index (χ0v) is 66.9. The van der Waals surface area contributed by atoms with Gasteiger partial charge in [0.25, 0.3) is 0 Å². The molecule has 596 valence electrons. The van der Waals surface area contributed by atoms with E-state index in [2.05, 4.69) is 161 Å². The van der Waals surface area contributed by atoms with Crippen LogP contribution in [0.4, 0.5) is 0 Å². The van der Waals surface area contributed by atoms with Crippen LogP contribution < -0.4 is 0 Å². The van der Waals surface area contributed by atoms with Gasteiger partial charge in [0, 0.05) is 25.7 Å². The highest BCUT2D eigenvalue weighted by Gasteiger charge is 2.30. The molecule has 0 amide bonds. The van der Waals surface area contributed by atoms with Gasteiger partial charge in [-0.3, -0.25) is 37.3 Å². The third-order valence-corrected chi connectivity index (χ3v) is 18.5. The van der Waals surface area contributed by atoms with E-state index in [0.717, 1.165) is 212 Å². The molecule has 19 heteroatoms. The lowest BCUT2D eigenvalue weighted by atomic mass is 10.1. The second-order valence-corrected chi connectivity index (χ2v) is 29.5. The van der Waals surface area contributed by atoms with Crippen molar-refractivity contribution in [2.75, 3.05) is 39.6 Å². The van der Waals surface area contributed by atoms with Crippen LogP contribution in [0.1, 0.15) is 323 Å². The number of aliphatic hydroxyl groups is 1. The Balaban J connectivity index is 5.35. The van der Waals surface area contributed by atoms with E-state index in [9.17, 15) is 43.2 Å². The average Bonchev–Trinajstić information content (AvgIpc) is 0.931. The van der Waals surface area contributed by atoms with Crippen LogP contribution in [0.5, 0.6) is 0 Å². The molecule has 0 aromatic carbocycles. The number of carbonyl (C=O) groups is 4. The van der Waals surface area contributed by atoms with Gasteiger partial charge in [0.05, 0.1) is 26.4 Å². The van der Waals surface area contributed by atoms with Crippen molar-refractivity contribution in [3.8, 4) is 0 Å². The summed E-state index contributed by atoms with van der Waals surface area (Å²) < 4.78 is 68.6. The number of aliphatic hydroxyl groups excluding tert-OH is 1. The summed E-state index contributed by atoms with van der Waals surface area (Å²) >= 11 is 0. The predicted octanol–water partition coefficient (Wildman–Crippen LogP) is 23.7. The molecule has 5 unspecified atom stereocenters. The number of carbonyl (C=O) groups excluding carboxylic acids is 4. The van der Waals surface area contributed by atoms with Gasteiger partial charge in [0.15, 0.2) is 12.2 Å². The molecule has 0 saturated carbocycles. The van der Waals surface area contributed by atoms with Gasteiger partial charge < -0.3 is 33.8 Å². The smallest absolute Gasteiger partial charge is 0.462 e. The van der Waals surface area contributed by atoms with Gasteiger partial charge in [-0.1, -0.05) is 277 Å². The third kappa shape index (κ3) is 75.4. The summed E-state index contributed by atoms with van der Waals surface area (Å²) in [6.45, 7) is 4.54. The minimum atomic E-state index is -4.99. The van der Waals surface area contributed by atoms with E-state index < -0.39 is 97.5 Å². The Hall–Kier alpha value is -4.80. The van der Waals surface area contributed by atoms with Crippen LogP contribution in [-0.4, -0.2) is 96.7 Å². The molecule has 0 saturated heterocycles. The number of ether oxygens (including phenoxy) is 4. The number of hydrogen-bond acceptors (Lipinski definition) is 15. The molecule has 0 radical (unpaired) electrons. The Morgan fingerprint density at radius 3 is 0.808 bits per heavy atom. The maximum absolute atomic E-state index is 13.1. The normalized spacial score (nSPS) is 14.6. The van der Waals surface area contributed by atoms with E-state index in [4.69, 9.17) is 37.0 Å². The zero-order chi connectivity index (χ0) is 76.0. The lowest BCUT2D eigenvalue weighted by molar-refractivity contribution is -0.161. The Morgan fingerprint density at radius 1 is 0.279 bits per heavy atom. The van der Waals surface area contributed by atoms with Gasteiger partial charge in [0.1, 0.15) is 19.3 Å². The number of unbranched alkanes of at least 4 members (excludes halogenated alkanes) is 27. The average molecular weight is 1500 g/mol. The lowest BCUT2D eigenvalue weighted by Gasteiger charge is -2.21. The summed E-state index contributed by atoms with van der Waals surface area (Å²) in [4.78, 5) is 73.0. The first kappa shape index (κ1) is 99.2. The van der Waals surface area contributed by atoms with Gasteiger partial charge in [-0.15, -0.1) is 0 Å². The molecule has 0 rings (SSSR count). The number of allylic oxidation sites excluding steroid dienone is 22. The largest absolute Gasteiger partial charge is 0.472 e. The Bertz CT molecular complexity index is 2490. The molecule has 0 aromatic rings. The minimum Gasteiger partial charge on any atom is -0.462 e. The lowest BCUT2D eigenvalue weighted by Crippen LogP contribution is -2.30. The van der Waals surface area contributed by atoms with Crippen molar-refractivity contribution in [2.24, 2.45) is 0 Å². The molecular formula is C85H144O17P2. The van der Waals surface area contributed by atoms with E-state index in [0.29, 0.717) is 25.7 Å². The summed E-state index contributed by atoms with van der Waals surface area (Å²) in [5.41, 5.74) is 0. The summed E-state index contributed by atoms with van der Waals surface area (Å²) in [6.07, 6.45) is 85.7. The Labute approximate surface area is 631 Å². The minimum absolute atomic E-state index is 0.0696. The number of esters is 4. The van der Waals surface area contributed by atoms with Gasteiger partial charge in [0.2, 0.25) is 0 Å². The molecule has 0 aliphatic heterocycles. The molecule has 17 nitrogen and oxygen atoms in total. The third-order valence-electron chi connectivity index (χ3n) is 16.6. The Morgan fingerprint density at radius 2 is 0.510 bits per heavy atom. The highest BCUT2D eigenvalue weighted by molar-refractivity contribution is 7.47. The summed E-state index contributed by atoms with van der Waals surface area (Å²) in [5, 5.41) is 10.6. The standard InChI is InChI=1S/C85H144O17P2/c1-5-9-13-17-21-25-29-32-35-37-39-41-44-46-50-53-57-61-65-69-82(87)95-75-80(101-84(89)71-67-63-59-55-49-28-24-20-16-12-8-4)77-99-103(91,92)97-73-79(86)74-98-104(93,94)100-78-81(102-85(90)72-68-64-60-56-52-48-43-34-31-27-23-19-15-11-7-3)76-96-83(88)70-66-62-58-54-51-47-45-42-40-38-36-33-30-26-22-18-14-10-6-2/h9,11,13,15,20-27,32-36,39-43,79-81,86H,5-8,10,12,14,16-19,28-31,37-38,44-78H2,1-4H3,(H,91,92)(H,93,94)/b13-9-,15-11-,24-20-,25-21-,26-22-,27-23-,35-32-,36-33-,41-39-,42-40-,43-34-. The molecule has 5 atom stereocenters. The summed E-state index contributed by atoms with van der Waals surface area (Å²) in [7, 11) is -9.97. The highest BCUT2D eigenvalue weighted by atomic mass is 31.2. The van der Waals surface area contributed by atoms with E-state index >= 15 is 0 Å². The van der Waals surface area contributed by atoms with Crippen LogP contribution in [0.2, 0.25) is 0 Å². The quantitative estimate of drug-likeness (QED) is 0.0169. The zero-order valence-electron chi connectivity index (χ0n) is 65.2. The second kappa shape index (κ2) is 76.4. The van der Waals surface area contributed by atoms with E-state index in [1.165, 1.54) is 32.1 Å². The van der Waals surface area contributed by atoms with Crippen LogP contribution in [0.3, 0.4) is 0 Å². The van der Waals surface area contributed by atoms with E-state index in [1.807, 2.05) is 0 Å². The fourth-order valence-corrected chi connectivity index (χ4v) is 12.0. The number of rotatable bonds is 75. The molecule has 3 N–H and O–H groups in total. The van der Waals surface area contributed by atoms with Crippen molar-refractivity contribution in [3.63, 3.8) is 0 Å². The van der Waals surface area contributed by atoms with Gasteiger partial charge in [-0.25, -0.2) is 9.13 Å². The van der Waals surface area contributed by atoms with Crippen molar-refractivity contribution in [1.82, 2.24) is 0 Å². The van der Waals surface area contributed by atoms with Crippen LogP contribution in [0, 0.1) is 0 Å². The van der Waals surface area contributed by atoms with Crippen molar-refractivity contribution in [3.05, 3.63) is 134 Å². The second-order valence-electron chi connectivity index (χ2n) is 26.6. The number of phosphoric acid groups is 2. The van der Waals surface area contributed by atoms with Crippen molar-refractivity contribution >= 4 is 39.5 Å². The van der Waals surface area contributed by atoms with Crippen molar-refractivity contribution in [1.29, 1.82) is 0 Å². The van der Waals surface area contributed by atoms with Crippen molar-refractivity contribution < 1.29 is 80.2 Å². The maximum atomic E-state index is 13.1. The van der Waals surface area contributed by atoms with Gasteiger partial charge >= 0.3 is 39.5 Å². The SMILES string of the molecule is CC/C=C\C/C=C\C/C=C\C/C=C\CCCCCCCCC(=O)OCC(COP(=O)(O)OCC(O)COP(=O)(O)OCC(COC(=O)CCCCCCCC/C=C\C/C=C\C/C=C\CCCCC)OC(=O)CCCCCCC/C=C\C/C=C\C/C=C\CC)OC(=O)CCCCCCC/C=C\CCCC. The molecule has 0 heterocycles. The van der Waals surface area contributed by atoms with Crippen LogP contribution in [-0.2, 0) is 65.4 Å². The Kier molecular flexibility index (Phi) is 72.9. The fourth-order valence-electron chi connectivity index (χ4n) is 10.4. The number of phosphoric ester groups is 2. The molecule has 0 bridgehead atoms. The van der Waals surface area contributed by atoms with Gasteiger partial charge in [-0.05, 0) is 154 Å².